The number of aliphatic imine (C=N–C) groups is 3. The fourth-order valence-electron chi connectivity index (χ4n) is 2.54. The third-order valence-electron chi connectivity index (χ3n) is 3.57. The Morgan fingerprint density at radius 3 is 2.61 bits per heavy atom. The van der Waals surface area contributed by atoms with E-state index >= 15 is 0 Å². The molecule has 3 rings (SSSR count). The Balaban J connectivity index is 2.02. The number of fused-ring (bicyclic) bond motifs is 1. The number of hydrogen-bond acceptors (Lipinski definition) is 11. The van der Waals surface area contributed by atoms with Crippen LogP contribution in [0.5, 0.6) is 0 Å². The number of hydrogen-bond donors (Lipinski definition) is 4. The summed E-state index contributed by atoms with van der Waals surface area (Å²) in [6, 6.07) is -1.37. The second kappa shape index (κ2) is 5.31. The highest BCUT2D eigenvalue weighted by Gasteiger charge is 2.58. The molecule has 0 bridgehead atoms. The molecule has 1 unspecified atom stereocenters. The van der Waals surface area contributed by atoms with Crippen LogP contribution in [0.25, 0.3) is 0 Å². The van der Waals surface area contributed by atoms with Crippen LogP contribution in [0, 0.1) is 10.1 Å². The largest absolute Gasteiger partial charge is 0.434 e. The predicted octanol–water partition coefficient (Wildman–Crippen LogP) is -4.00. The Kier molecular flexibility index (Phi) is 3.56. The van der Waals surface area contributed by atoms with Crippen molar-refractivity contribution in [2.24, 2.45) is 20.7 Å². The number of amidine groups is 1. The number of aliphatic hydroxyl groups is 3. The SMILES string of the molecule is NC1=NC(=O)C2N=C([N+](=O)[O-])N([C@@H]3O[C@H](CO)[C@@H](O)[C@H]3O)C2=N1. The lowest BCUT2D eigenvalue weighted by molar-refractivity contribution is -0.364. The smallest absolute Gasteiger partial charge is 0.394 e. The molecule has 0 aromatic rings. The van der Waals surface area contributed by atoms with Gasteiger partial charge in [0.05, 0.1) is 6.61 Å². The summed E-state index contributed by atoms with van der Waals surface area (Å²) in [5.41, 5.74) is 5.38. The second-order valence-electron chi connectivity index (χ2n) is 4.97. The van der Waals surface area contributed by atoms with Gasteiger partial charge < -0.3 is 35.9 Å². The minimum Gasteiger partial charge on any atom is -0.394 e. The first kappa shape index (κ1) is 15.4. The Morgan fingerprint density at radius 2 is 2.04 bits per heavy atom. The first-order chi connectivity index (χ1) is 10.8. The van der Waals surface area contributed by atoms with Gasteiger partial charge in [0.15, 0.2) is 0 Å². The zero-order valence-corrected chi connectivity index (χ0v) is 11.4. The van der Waals surface area contributed by atoms with Crippen LogP contribution >= 0.6 is 0 Å². The molecular formula is C10H12N6O7. The van der Waals surface area contributed by atoms with Crippen molar-refractivity contribution in [2.45, 2.75) is 30.6 Å². The first-order valence-corrected chi connectivity index (χ1v) is 6.45. The van der Waals surface area contributed by atoms with Gasteiger partial charge in [0.1, 0.15) is 18.3 Å². The van der Waals surface area contributed by atoms with Gasteiger partial charge in [0.25, 0.3) is 11.9 Å². The van der Waals surface area contributed by atoms with E-state index in [-0.39, 0.29) is 5.84 Å². The van der Waals surface area contributed by atoms with E-state index < -0.39 is 59.9 Å². The molecule has 23 heavy (non-hydrogen) atoms. The fourth-order valence-corrected chi connectivity index (χ4v) is 2.54. The second-order valence-corrected chi connectivity index (χ2v) is 4.97. The van der Waals surface area contributed by atoms with Gasteiger partial charge in [0, 0.05) is 0 Å². The van der Waals surface area contributed by atoms with Gasteiger partial charge in [0.2, 0.25) is 18.0 Å². The summed E-state index contributed by atoms with van der Waals surface area (Å²) in [6.07, 6.45) is -5.71. The van der Waals surface area contributed by atoms with E-state index in [0.717, 1.165) is 4.90 Å². The van der Waals surface area contributed by atoms with Gasteiger partial charge in [-0.05, 0) is 4.92 Å². The molecule has 1 saturated heterocycles. The Morgan fingerprint density at radius 1 is 1.35 bits per heavy atom. The maximum absolute atomic E-state index is 11.8. The molecule has 13 heteroatoms. The first-order valence-electron chi connectivity index (χ1n) is 6.45. The molecule has 3 heterocycles. The summed E-state index contributed by atoms with van der Waals surface area (Å²) >= 11 is 0. The average molecular weight is 328 g/mol. The molecule has 124 valence electrons. The molecule has 3 aliphatic rings. The lowest BCUT2D eigenvalue weighted by atomic mass is 10.1. The van der Waals surface area contributed by atoms with Crippen molar-refractivity contribution in [1.82, 2.24) is 4.90 Å². The number of nitro groups is 1. The highest BCUT2D eigenvalue weighted by Crippen LogP contribution is 2.29. The molecule has 0 aromatic carbocycles. The van der Waals surface area contributed by atoms with Gasteiger partial charge in [-0.1, -0.05) is 4.99 Å². The molecule has 3 aliphatic heterocycles. The number of ether oxygens (including phenoxy) is 1. The Bertz CT molecular complexity index is 660. The van der Waals surface area contributed by atoms with Gasteiger partial charge in [-0.15, -0.1) is 0 Å². The average Bonchev–Trinajstić information content (AvgIpc) is 2.99. The van der Waals surface area contributed by atoms with Crippen molar-refractivity contribution >= 4 is 23.7 Å². The molecule has 0 spiro atoms. The van der Waals surface area contributed by atoms with Crippen LogP contribution < -0.4 is 5.73 Å². The van der Waals surface area contributed by atoms with Crippen LogP contribution in [0.2, 0.25) is 0 Å². The van der Waals surface area contributed by atoms with E-state index in [1.807, 2.05) is 0 Å². The Labute approximate surface area is 127 Å². The lowest BCUT2D eigenvalue weighted by Gasteiger charge is -2.23. The zero-order chi connectivity index (χ0) is 16.9. The number of rotatable bonds is 2. The third kappa shape index (κ3) is 2.26. The highest BCUT2D eigenvalue weighted by atomic mass is 16.6. The molecule has 1 amide bonds. The predicted molar refractivity (Wildman–Crippen MR) is 71.9 cm³/mol. The number of carbonyl (C=O) groups excluding carboxylic acids is 1. The van der Waals surface area contributed by atoms with Crippen molar-refractivity contribution in [3.8, 4) is 0 Å². The van der Waals surface area contributed by atoms with Crippen molar-refractivity contribution in [3.63, 3.8) is 0 Å². The van der Waals surface area contributed by atoms with E-state index in [0.29, 0.717) is 0 Å². The highest BCUT2D eigenvalue weighted by molar-refractivity contribution is 6.23. The summed E-state index contributed by atoms with van der Waals surface area (Å²) in [7, 11) is 0. The summed E-state index contributed by atoms with van der Waals surface area (Å²) in [5, 5.41) is 40.1. The number of nitrogens with zero attached hydrogens (tertiary/aromatic N) is 5. The van der Waals surface area contributed by atoms with Gasteiger partial charge in [-0.25, -0.2) is 0 Å². The van der Waals surface area contributed by atoms with Crippen molar-refractivity contribution in [2.75, 3.05) is 6.61 Å². The van der Waals surface area contributed by atoms with Gasteiger partial charge in [-0.2, -0.15) is 14.9 Å². The molecule has 0 radical (unpaired) electrons. The Hall–Kier alpha value is -2.48. The van der Waals surface area contributed by atoms with Crippen LogP contribution in [-0.4, -0.2) is 86.0 Å². The van der Waals surface area contributed by atoms with Crippen molar-refractivity contribution in [1.29, 1.82) is 0 Å². The van der Waals surface area contributed by atoms with Crippen LogP contribution in [0.1, 0.15) is 0 Å². The van der Waals surface area contributed by atoms with Crippen LogP contribution in [0.3, 0.4) is 0 Å². The van der Waals surface area contributed by atoms with E-state index in [1.54, 1.807) is 0 Å². The minimum atomic E-state index is -1.60. The molecule has 1 fully saturated rings. The summed E-state index contributed by atoms with van der Waals surface area (Å²) in [6.45, 7) is -0.619. The molecule has 5 N–H and O–H groups in total. The topological polar surface area (TPSA) is 196 Å². The summed E-state index contributed by atoms with van der Waals surface area (Å²) in [4.78, 5) is 33.6. The monoisotopic (exact) mass is 328 g/mol. The van der Waals surface area contributed by atoms with Gasteiger partial charge in [-0.3, -0.25) is 4.79 Å². The van der Waals surface area contributed by atoms with Crippen LogP contribution in [0.4, 0.5) is 0 Å². The van der Waals surface area contributed by atoms with Crippen LogP contribution in [-0.2, 0) is 9.53 Å². The maximum atomic E-state index is 11.8. The number of guanidine groups is 2. The van der Waals surface area contributed by atoms with Gasteiger partial charge >= 0.3 is 5.96 Å². The number of amides is 1. The number of carbonyl (C=O) groups is 1. The van der Waals surface area contributed by atoms with Crippen molar-refractivity contribution in [3.05, 3.63) is 10.1 Å². The molecule has 0 saturated carbocycles. The normalized spacial score (nSPS) is 36.5. The quantitative estimate of drug-likeness (QED) is 0.288. The van der Waals surface area contributed by atoms with E-state index in [9.17, 15) is 25.1 Å². The molecule has 0 aliphatic carbocycles. The summed E-state index contributed by atoms with van der Waals surface area (Å²) < 4.78 is 5.24. The lowest BCUT2D eigenvalue weighted by Crippen LogP contribution is -2.53. The van der Waals surface area contributed by atoms with E-state index in [2.05, 4.69) is 15.0 Å². The fraction of sp³-hybridized carbons (Fsp3) is 0.600. The molecular weight excluding hydrogens is 316 g/mol. The van der Waals surface area contributed by atoms with E-state index in [4.69, 9.17) is 15.6 Å². The summed E-state index contributed by atoms with van der Waals surface area (Å²) in [5.74, 6) is -2.30. The molecule has 13 nitrogen and oxygen atoms in total. The molecule has 5 atom stereocenters. The number of aliphatic hydroxyl groups excluding tert-OH is 3. The minimum absolute atomic E-state index is 0.232. The van der Waals surface area contributed by atoms with E-state index in [1.165, 1.54) is 0 Å². The van der Waals surface area contributed by atoms with Crippen LogP contribution in [0.15, 0.2) is 15.0 Å². The third-order valence-corrected chi connectivity index (χ3v) is 3.57. The number of nitrogens with two attached hydrogens (primary N) is 1. The maximum Gasteiger partial charge on any atom is 0.434 e. The molecule has 0 aromatic heterocycles. The standard InChI is InChI=1S/C10H12N6O7/c11-9-13-6-3(7(20)14-9)12-10(16(21)22)15(6)8-5(19)4(18)2(1-17)23-8/h2-5,8,17-19H,1H2,(H2,11,14,20)/t2-,3?,4-,5-,8-/m1/s1. The van der Waals surface area contributed by atoms with Crippen molar-refractivity contribution < 1.29 is 29.8 Å². The zero-order valence-electron chi connectivity index (χ0n) is 11.4.